The van der Waals surface area contributed by atoms with Crippen LogP contribution in [0.2, 0.25) is 0 Å². The fourth-order valence-electron chi connectivity index (χ4n) is 2.57. The normalized spacial score (nSPS) is 13.4. The summed E-state index contributed by atoms with van der Waals surface area (Å²) in [7, 11) is -4.04. The quantitative estimate of drug-likeness (QED) is 0.408. The van der Waals surface area contributed by atoms with E-state index in [0.29, 0.717) is 30.1 Å². The third-order valence-electron chi connectivity index (χ3n) is 4.07. The van der Waals surface area contributed by atoms with Gasteiger partial charge in [-0.2, -0.15) is 5.10 Å². The molecule has 0 spiro atoms. The first-order valence-electron chi connectivity index (χ1n) is 8.23. The minimum atomic E-state index is -4.04. The predicted octanol–water partition coefficient (Wildman–Crippen LogP) is 2.39. The molecule has 0 atom stereocenters. The van der Waals surface area contributed by atoms with Gasteiger partial charge in [0, 0.05) is 11.8 Å². The lowest BCUT2D eigenvalue weighted by Crippen LogP contribution is -2.12. The van der Waals surface area contributed by atoms with E-state index in [4.69, 9.17) is 14.6 Å². The minimum absolute atomic E-state index is 0.0693. The Bertz CT molecular complexity index is 1050. The molecular formula is C17H18N4O6S. The number of sulfonamides is 1. The Morgan fingerprint density at radius 3 is 2.71 bits per heavy atom. The second-order valence-electron chi connectivity index (χ2n) is 6.13. The predicted molar refractivity (Wildman–Crippen MR) is 102 cm³/mol. The number of ether oxygens (including phenoxy) is 2. The number of nitro benzene ring substituents is 1. The highest BCUT2D eigenvalue weighted by Crippen LogP contribution is 2.33. The van der Waals surface area contributed by atoms with E-state index >= 15 is 0 Å². The summed E-state index contributed by atoms with van der Waals surface area (Å²) in [6.07, 6.45) is 1.30. The number of hydrazone groups is 1. The van der Waals surface area contributed by atoms with E-state index in [1.165, 1.54) is 12.1 Å². The van der Waals surface area contributed by atoms with Gasteiger partial charge in [0.25, 0.3) is 5.69 Å². The maximum Gasteiger partial charge on any atom is 0.295 e. The van der Waals surface area contributed by atoms with Gasteiger partial charge < -0.3 is 9.47 Å². The van der Waals surface area contributed by atoms with Crippen LogP contribution in [0.15, 0.2) is 46.4 Å². The Morgan fingerprint density at radius 1 is 1.25 bits per heavy atom. The number of rotatable bonds is 7. The van der Waals surface area contributed by atoms with Crippen LogP contribution in [-0.2, 0) is 16.4 Å². The Balaban J connectivity index is 1.68. The van der Waals surface area contributed by atoms with Crippen LogP contribution in [0.1, 0.15) is 18.9 Å². The monoisotopic (exact) mass is 406 g/mol. The van der Waals surface area contributed by atoms with E-state index in [2.05, 4.69) is 10.5 Å². The summed E-state index contributed by atoms with van der Waals surface area (Å²) in [6, 6.07) is 9.02. The molecule has 0 fully saturated rings. The van der Waals surface area contributed by atoms with E-state index in [1.54, 1.807) is 6.92 Å². The lowest BCUT2D eigenvalue weighted by atomic mass is 10.1. The summed E-state index contributed by atoms with van der Waals surface area (Å²) in [5, 5.41) is 20.4. The van der Waals surface area contributed by atoms with Crippen LogP contribution in [0.25, 0.3) is 0 Å². The van der Waals surface area contributed by atoms with Crippen molar-refractivity contribution in [2.24, 2.45) is 10.2 Å². The molecule has 0 saturated heterocycles. The number of hydrogen-bond acceptors (Lipinski definition) is 8. The highest BCUT2D eigenvalue weighted by Gasteiger charge is 2.19. The van der Waals surface area contributed by atoms with Crippen molar-refractivity contribution in [1.82, 2.24) is 0 Å². The van der Waals surface area contributed by atoms with Crippen molar-refractivity contribution < 1.29 is 22.8 Å². The molecular weight excluding hydrogens is 388 g/mol. The first kappa shape index (κ1) is 19.6. The van der Waals surface area contributed by atoms with Crippen molar-refractivity contribution in [1.29, 1.82) is 0 Å². The maximum atomic E-state index is 11.4. The molecule has 1 heterocycles. The van der Waals surface area contributed by atoms with Crippen molar-refractivity contribution in [3.8, 4) is 11.5 Å². The first-order chi connectivity index (χ1) is 13.2. The lowest BCUT2D eigenvalue weighted by Gasteiger charge is -2.06. The number of fused-ring (bicyclic) bond motifs is 1. The Hall–Kier alpha value is -3.18. The molecule has 1 aliphatic rings. The van der Waals surface area contributed by atoms with Crippen molar-refractivity contribution in [2.75, 3.05) is 12.2 Å². The summed E-state index contributed by atoms with van der Waals surface area (Å²) in [5.41, 5.74) is 4.01. The van der Waals surface area contributed by atoms with Gasteiger partial charge in [-0.15, -0.1) is 0 Å². The second kappa shape index (κ2) is 7.82. The third-order valence-corrected chi connectivity index (χ3v) is 4.99. The zero-order chi connectivity index (χ0) is 20.3. The van der Waals surface area contributed by atoms with E-state index in [1.807, 2.05) is 18.2 Å². The number of hydrogen-bond donors (Lipinski definition) is 2. The molecule has 1 aliphatic heterocycles. The van der Waals surface area contributed by atoms with Gasteiger partial charge in [0.15, 0.2) is 11.5 Å². The zero-order valence-electron chi connectivity index (χ0n) is 14.9. The molecule has 0 aromatic heterocycles. The molecule has 3 rings (SSSR count). The van der Waals surface area contributed by atoms with Crippen LogP contribution >= 0.6 is 0 Å². The molecule has 0 bridgehead atoms. The number of nitrogens with two attached hydrogens (primary N) is 1. The molecule has 2 aromatic rings. The minimum Gasteiger partial charge on any atom is -0.454 e. The molecule has 28 heavy (non-hydrogen) atoms. The number of nitrogens with zero attached hydrogens (tertiary/aromatic N) is 2. The van der Waals surface area contributed by atoms with Gasteiger partial charge in [-0.25, -0.2) is 13.6 Å². The summed E-state index contributed by atoms with van der Waals surface area (Å²) in [4.78, 5) is 10.2. The number of primary sulfonamides is 1. The number of anilines is 1. The fraction of sp³-hybridized carbons (Fsp3) is 0.235. The summed E-state index contributed by atoms with van der Waals surface area (Å²) in [5.74, 6) is 1.42. The topological polar surface area (TPSA) is 146 Å². The molecule has 0 unspecified atom stereocenters. The molecule has 2 aromatic carbocycles. The molecule has 0 radical (unpaired) electrons. The standard InChI is InChI=1S/C17H18N4O6S/c1-11(2-3-12-4-7-16-17(8-12)27-10-26-16)19-20-14-6-5-13(28(18,24)25)9-15(14)21(22)23/h4-9,20H,2-3,10H2,1H3,(H2,18,24,25)/b19-11+. The Labute approximate surface area is 161 Å². The van der Waals surface area contributed by atoms with Gasteiger partial charge in [0.1, 0.15) is 5.69 Å². The van der Waals surface area contributed by atoms with Gasteiger partial charge in [0.05, 0.1) is 9.82 Å². The van der Waals surface area contributed by atoms with Gasteiger partial charge in [0.2, 0.25) is 16.8 Å². The average Bonchev–Trinajstić information content (AvgIpc) is 3.11. The molecule has 148 valence electrons. The van der Waals surface area contributed by atoms with Crippen LogP contribution in [0.3, 0.4) is 0 Å². The first-order valence-corrected chi connectivity index (χ1v) is 9.77. The van der Waals surface area contributed by atoms with Gasteiger partial charge >= 0.3 is 0 Å². The molecule has 11 heteroatoms. The summed E-state index contributed by atoms with van der Waals surface area (Å²) >= 11 is 0. The van der Waals surface area contributed by atoms with Crippen LogP contribution in [0.5, 0.6) is 11.5 Å². The van der Waals surface area contributed by atoms with E-state index in [-0.39, 0.29) is 17.4 Å². The highest BCUT2D eigenvalue weighted by molar-refractivity contribution is 7.89. The van der Waals surface area contributed by atoms with Crippen molar-refractivity contribution in [3.63, 3.8) is 0 Å². The summed E-state index contributed by atoms with van der Waals surface area (Å²) in [6.45, 7) is 2.00. The zero-order valence-corrected chi connectivity index (χ0v) is 15.7. The van der Waals surface area contributed by atoms with Crippen LogP contribution in [0, 0.1) is 10.1 Å². The van der Waals surface area contributed by atoms with Crippen molar-refractivity contribution in [3.05, 3.63) is 52.1 Å². The molecule has 0 amide bonds. The van der Waals surface area contributed by atoms with E-state index in [9.17, 15) is 18.5 Å². The molecule has 10 nitrogen and oxygen atoms in total. The van der Waals surface area contributed by atoms with Crippen LogP contribution in [-0.4, -0.2) is 25.8 Å². The Kier molecular flexibility index (Phi) is 5.47. The smallest absolute Gasteiger partial charge is 0.295 e. The highest BCUT2D eigenvalue weighted by atomic mass is 32.2. The molecule has 0 saturated carbocycles. The maximum absolute atomic E-state index is 11.4. The van der Waals surface area contributed by atoms with Crippen molar-refractivity contribution >= 4 is 27.1 Å². The Morgan fingerprint density at radius 2 is 2.00 bits per heavy atom. The number of aryl methyl sites for hydroxylation is 1. The van der Waals surface area contributed by atoms with Crippen molar-refractivity contribution in [2.45, 2.75) is 24.7 Å². The second-order valence-corrected chi connectivity index (χ2v) is 7.69. The number of nitro groups is 1. The number of benzene rings is 2. The van der Waals surface area contributed by atoms with Crippen LogP contribution < -0.4 is 20.0 Å². The fourth-order valence-corrected chi connectivity index (χ4v) is 3.10. The van der Waals surface area contributed by atoms with Crippen LogP contribution in [0.4, 0.5) is 11.4 Å². The lowest BCUT2D eigenvalue weighted by molar-refractivity contribution is -0.384. The number of nitrogens with one attached hydrogen (secondary N) is 1. The van der Waals surface area contributed by atoms with Gasteiger partial charge in [-0.1, -0.05) is 6.07 Å². The third kappa shape index (κ3) is 4.56. The van der Waals surface area contributed by atoms with Gasteiger partial charge in [-0.05, 0) is 49.6 Å². The molecule has 0 aliphatic carbocycles. The summed E-state index contributed by atoms with van der Waals surface area (Å²) < 4.78 is 33.3. The largest absolute Gasteiger partial charge is 0.454 e. The van der Waals surface area contributed by atoms with E-state index < -0.39 is 20.6 Å². The van der Waals surface area contributed by atoms with Gasteiger partial charge in [-0.3, -0.25) is 15.5 Å². The average molecular weight is 406 g/mol. The van der Waals surface area contributed by atoms with E-state index in [0.717, 1.165) is 11.6 Å². The SMILES string of the molecule is C/C(CCc1ccc2c(c1)OCO2)=N\Nc1ccc(S(N)(=O)=O)cc1[N+](=O)[O-]. The molecule has 3 N–H and O–H groups in total.